The molecule has 2 heterocycles. The van der Waals surface area contributed by atoms with E-state index >= 15 is 0 Å². The molecular weight excluding hydrogens is 382 g/mol. The number of aliphatic imine (C=N–C) groups is 1. The molecule has 0 unspecified atom stereocenters. The number of benzene rings is 2. The molecule has 29 heavy (non-hydrogen) atoms. The monoisotopic (exact) mass is 399 g/mol. The first-order valence-corrected chi connectivity index (χ1v) is 9.13. The molecule has 0 amide bonds. The normalized spacial score (nSPS) is 14.9. The molecule has 4 rings (SSSR count). The zero-order valence-corrected chi connectivity index (χ0v) is 15.6. The van der Waals surface area contributed by atoms with E-state index in [-0.39, 0.29) is 11.3 Å². The maximum atomic E-state index is 13.6. The van der Waals surface area contributed by atoms with Crippen LogP contribution in [0.5, 0.6) is 0 Å². The molecular formula is C23H17F4NO. The summed E-state index contributed by atoms with van der Waals surface area (Å²) in [7, 11) is 0. The fourth-order valence-electron chi connectivity index (χ4n) is 3.53. The average Bonchev–Trinajstić information content (AvgIpc) is 3.18. The molecule has 1 aliphatic heterocycles. The Labute approximate surface area is 165 Å². The van der Waals surface area contributed by atoms with Gasteiger partial charge in [0.15, 0.2) is 0 Å². The third-order valence-corrected chi connectivity index (χ3v) is 4.92. The molecule has 2 aromatic carbocycles. The van der Waals surface area contributed by atoms with Crippen molar-refractivity contribution in [3.63, 3.8) is 0 Å². The molecule has 148 valence electrons. The number of furan rings is 1. The van der Waals surface area contributed by atoms with Crippen LogP contribution in [0, 0.1) is 5.82 Å². The lowest BCUT2D eigenvalue weighted by atomic mass is 9.95. The minimum Gasteiger partial charge on any atom is -0.455 e. The second kappa shape index (κ2) is 7.35. The van der Waals surface area contributed by atoms with Gasteiger partial charge in [0, 0.05) is 11.3 Å². The van der Waals surface area contributed by atoms with Gasteiger partial charge >= 0.3 is 6.18 Å². The van der Waals surface area contributed by atoms with Gasteiger partial charge in [0.05, 0.1) is 11.3 Å². The summed E-state index contributed by atoms with van der Waals surface area (Å²) in [5.41, 5.74) is 2.48. The van der Waals surface area contributed by atoms with Crippen molar-refractivity contribution in [3.05, 3.63) is 89.1 Å². The van der Waals surface area contributed by atoms with E-state index in [2.05, 4.69) is 4.99 Å². The topological polar surface area (TPSA) is 25.5 Å². The highest BCUT2D eigenvalue weighted by Crippen LogP contribution is 2.38. The lowest BCUT2D eigenvalue weighted by Gasteiger charge is -2.17. The van der Waals surface area contributed by atoms with E-state index in [9.17, 15) is 17.6 Å². The molecule has 6 heteroatoms. The van der Waals surface area contributed by atoms with Crippen LogP contribution in [-0.2, 0) is 6.18 Å². The summed E-state index contributed by atoms with van der Waals surface area (Å²) in [5.74, 6) is -0.402. The van der Waals surface area contributed by atoms with Gasteiger partial charge in [-0.1, -0.05) is 30.3 Å². The van der Waals surface area contributed by atoms with E-state index < -0.39 is 17.6 Å². The summed E-state index contributed by atoms with van der Waals surface area (Å²) in [6.45, 7) is 1.90. The van der Waals surface area contributed by atoms with Gasteiger partial charge in [-0.25, -0.2) is 4.39 Å². The first kappa shape index (κ1) is 19.2. The van der Waals surface area contributed by atoms with Crippen LogP contribution in [0.25, 0.3) is 16.9 Å². The lowest BCUT2D eigenvalue weighted by molar-refractivity contribution is -0.137. The summed E-state index contributed by atoms with van der Waals surface area (Å²) in [6.07, 6.45) is -3.26. The zero-order valence-electron chi connectivity index (χ0n) is 15.6. The van der Waals surface area contributed by atoms with Gasteiger partial charge in [0.2, 0.25) is 0 Å². The predicted molar refractivity (Wildman–Crippen MR) is 104 cm³/mol. The van der Waals surface area contributed by atoms with Crippen LogP contribution in [0.4, 0.5) is 17.6 Å². The van der Waals surface area contributed by atoms with Crippen molar-refractivity contribution in [2.45, 2.75) is 25.9 Å². The van der Waals surface area contributed by atoms with Crippen molar-refractivity contribution in [2.24, 2.45) is 4.99 Å². The minimum absolute atomic E-state index is 0.0370. The molecule has 0 spiro atoms. The van der Waals surface area contributed by atoms with E-state index in [1.807, 2.05) is 37.3 Å². The van der Waals surface area contributed by atoms with E-state index in [1.165, 1.54) is 6.07 Å². The molecule has 0 aliphatic carbocycles. The first-order valence-electron chi connectivity index (χ1n) is 9.13. The van der Waals surface area contributed by atoms with Crippen LogP contribution in [0.2, 0.25) is 0 Å². The van der Waals surface area contributed by atoms with Crippen molar-refractivity contribution in [3.8, 4) is 11.3 Å². The van der Waals surface area contributed by atoms with E-state index in [4.69, 9.17) is 4.42 Å². The SMILES string of the molecule is CC1=C(c2ccccc2)CCC(c2ccc(-c3cc(F)ccc3C(F)(F)F)o2)=N1. The molecule has 0 bridgehead atoms. The Morgan fingerprint density at radius 1 is 0.897 bits per heavy atom. The standard InChI is InChI=1S/C23H17F4NO/c1-14-17(15-5-3-2-4-6-15)8-10-20(28-14)22-12-11-21(29-22)18-13-16(24)7-9-19(18)23(25,26)27/h2-7,9,11-13H,8,10H2,1H3. The molecule has 0 N–H and O–H groups in total. The summed E-state index contributed by atoms with van der Waals surface area (Å²) in [5, 5.41) is 0. The highest BCUT2D eigenvalue weighted by Gasteiger charge is 2.34. The minimum atomic E-state index is -4.61. The Hall–Kier alpha value is -3.15. The van der Waals surface area contributed by atoms with Crippen molar-refractivity contribution in [1.29, 1.82) is 0 Å². The number of alkyl halides is 3. The van der Waals surface area contributed by atoms with Crippen molar-refractivity contribution in [1.82, 2.24) is 0 Å². The second-order valence-corrected chi connectivity index (χ2v) is 6.84. The number of allylic oxidation sites excluding steroid dienone is 2. The summed E-state index contributed by atoms with van der Waals surface area (Å²) in [4.78, 5) is 4.61. The van der Waals surface area contributed by atoms with Crippen LogP contribution in [-0.4, -0.2) is 5.71 Å². The van der Waals surface area contributed by atoms with Crippen molar-refractivity contribution in [2.75, 3.05) is 0 Å². The van der Waals surface area contributed by atoms with Gasteiger partial charge < -0.3 is 4.42 Å². The summed E-state index contributed by atoms with van der Waals surface area (Å²) in [6, 6.07) is 15.3. The Kier molecular flexibility index (Phi) is 4.86. The fraction of sp³-hybridized carbons (Fsp3) is 0.174. The number of rotatable bonds is 3. The van der Waals surface area contributed by atoms with E-state index in [1.54, 1.807) is 6.07 Å². The Bertz CT molecular complexity index is 1110. The second-order valence-electron chi connectivity index (χ2n) is 6.84. The Balaban J connectivity index is 1.70. The molecule has 0 saturated carbocycles. The van der Waals surface area contributed by atoms with E-state index in [0.717, 1.165) is 41.5 Å². The van der Waals surface area contributed by atoms with Crippen molar-refractivity contribution < 1.29 is 22.0 Å². The number of nitrogens with zero attached hydrogens (tertiary/aromatic N) is 1. The largest absolute Gasteiger partial charge is 0.455 e. The van der Waals surface area contributed by atoms with Crippen LogP contribution in [0.3, 0.4) is 0 Å². The maximum absolute atomic E-state index is 13.6. The Morgan fingerprint density at radius 2 is 1.62 bits per heavy atom. The van der Waals surface area contributed by atoms with Crippen LogP contribution < -0.4 is 0 Å². The van der Waals surface area contributed by atoms with Crippen LogP contribution >= 0.6 is 0 Å². The number of hydrogen-bond donors (Lipinski definition) is 0. The number of halogens is 4. The quantitative estimate of drug-likeness (QED) is 0.431. The zero-order chi connectivity index (χ0) is 20.6. The molecule has 3 aromatic rings. The third kappa shape index (κ3) is 3.88. The van der Waals surface area contributed by atoms with Gasteiger partial charge in [-0.3, -0.25) is 4.99 Å². The molecule has 1 aliphatic rings. The smallest absolute Gasteiger partial charge is 0.417 e. The summed E-state index contributed by atoms with van der Waals surface area (Å²) >= 11 is 0. The average molecular weight is 399 g/mol. The third-order valence-electron chi connectivity index (χ3n) is 4.92. The van der Waals surface area contributed by atoms with Gasteiger partial charge in [-0.2, -0.15) is 13.2 Å². The van der Waals surface area contributed by atoms with Crippen LogP contribution in [0.1, 0.15) is 36.7 Å². The lowest BCUT2D eigenvalue weighted by Crippen LogP contribution is -2.07. The van der Waals surface area contributed by atoms with Gasteiger partial charge in [-0.05, 0) is 61.2 Å². The maximum Gasteiger partial charge on any atom is 0.417 e. The van der Waals surface area contributed by atoms with Gasteiger partial charge in [0.1, 0.15) is 17.3 Å². The molecule has 0 fully saturated rings. The molecule has 1 aromatic heterocycles. The predicted octanol–water partition coefficient (Wildman–Crippen LogP) is 7.12. The van der Waals surface area contributed by atoms with Gasteiger partial charge in [-0.15, -0.1) is 0 Å². The highest BCUT2D eigenvalue weighted by molar-refractivity contribution is 6.01. The first-order chi connectivity index (χ1) is 13.8. The van der Waals surface area contributed by atoms with Crippen molar-refractivity contribution >= 4 is 11.3 Å². The summed E-state index contributed by atoms with van der Waals surface area (Å²) < 4.78 is 59.1. The molecule has 0 radical (unpaired) electrons. The molecule has 2 nitrogen and oxygen atoms in total. The fourth-order valence-corrected chi connectivity index (χ4v) is 3.53. The van der Waals surface area contributed by atoms with E-state index in [0.29, 0.717) is 17.9 Å². The highest BCUT2D eigenvalue weighted by atomic mass is 19.4. The van der Waals surface area contributed by atoms with Crippen LogP contribution in [0.15, 0.2) is 75.8 Å². The Morgan fingerprint density at radius 3 is 2.31 bits per heavy atom. The molecule has 0 saturated heterocycles. The number of hydrogen-bond acceptors (Lipinski definition) is 2. The van der Waals surface area contributed by atoms with Gasteiger partial charge in [0.25, 0.3) is 0 Å². The molecule has 0 atom stereocenters.